The van der Waals surface area contributed by atoms with Crippen molar-refractivity contribution in [2.75, 3.05) is 51.7 Å². The number of hydrogen-bond acceptors (Lipinski definition) is 6. The summed E-state index contributed by atoms with van der Waals surface area (Å²) in [6.45, 7) is 5.37. The Hall–Kier alpha value is -1.81. The van der Waals surface area contributed by atoms with Crippen LogP contribution in [0.1, 0.15) is 44.1 Å². The van der Waals surface area contributed by atoms with Crippen LogP contribution in [0.5, 0.6) is 0 Å². The van der Waals surface area contributed by atoms with Gasteiger partial charge in [-0.25, -0.2) is 8.42 Å². The first-order chi connectivity index (χ1) is 15.5. The average Bonchev–Trinajstić information content (AvgIpc) is 2.77. The third kappa shape index (κ3) is 8.27. The quantitative estimate of drug-likeness (QED) is 0.354. The van der Waals surface area contributed by atoms with Crippen molar-refractivity contribution >= 4 is 22.0 Å². The zero-order valence-electron chi connectivity index (χ0n) is 18.8. The molecule has 0 bridgehead atoms. The molecule has 0 spiro atoms. The Balaban J connectivity index is 1.35. The lowest BCUT2D eigenvalue weighted by atomic mass is 9.93. The summed E-state index contributed by atoms with van der Waals surface area (Å²) in [6.07, 6.45) is 11.6. The van der Waals surface area contributed by atoms with E-state index >= 15 is 0 Å². The highest BCUT2D eigenvalue weighted by Crippen LogP contribution is 2.27. The summed E-state index contributed by atoms with van der Waals surface area (Å²) < 4.78 is 33.1. The lowest BCUT2D eigenvalue weighted by Crippen LogP contribution is -2.46. The van der Waals surface area contributed by atoms with Crippen LogP contribution in [-0.2, 0) is 19.6 Å². The number of sulfonamides is 1. The van der Waals surface area contributed by atoms with E-state index in [4.69, 9.17) is 4.74 Å². The Morgan fingerprint density at radius 2 is 2.06 bits per heavy atom. The topological polar surface area (TPSA) is 91.8 Å². The van der Waals surface area contributed by atoms with Gasteiger partial charge in [0.2, 0.25) is 15.9 Å². The highest BCUT2D eigenvalue weighted by atomic mass is 32.2. The molecule has 1 aromatic rings. The third-order valence-electron chi connectivity index (χ3n) is 6.04. The second-order valence-corrected chi connectivity index (χ2v) is 10.5. The van der Waals surface area contributed by atoms with Crippen LogP contribution >= 0.6 is 0 Å². The van der Waals surface area contributed by atoms with Crippen molar-refractivity contribution in [3.05, 3.63) is 36.2 Å². The molecule has 0 radical (unpaired) electrons. The molecule has 178 valence electrons. The summed E-state index contributed by atoms with van der Waals surface area (Å²) >= 11 is 0. The molecular formula is C23H36N4O4S. The molecule has 2 aliphatic rings. The standard InChI is InChI=1S/C23H36N4O4S/c28-23(10-9-21-6-4-11-24-20-21)25-12-1-2-19-32(29,30)27(22-7-3-8-22)14-5-13-26-15-17-31-18-16-26/h4,6,9-11,20,22H,1-3,5,7-8,12-19H2,(H,25,28). The molecule has 0 atom stereocenters. The fraction of sp³-hybridized carbons (Fsp3) is 0.652. The second-order valence-electron chi connectivity index (χ2n) is 8.44. The zero-order valence-corrected chi connectivity index (χ0v) is 19.6. The van der Waals surface area contributed by atoms with Gasteiger partial charge in [0.25, 0.3) is 0 Å². The van der Waals surface area contributed by atoms with Crippen LogP contribution in [0, 0.1) is 0 Å². The number of rotatable bonds is 13. The van der Waals surface area contributed by atoms with Gasteiger partial charge in [0, 0.05) is 50.7 Å². The predicted molar refractivity (Wildman–Crippen MR) is 126 cm³/mol. The SMILES string of the molecule is O=C(C=Cc1cccnc1)NCCCCS(=O)(=O)N(CCCN1CCOCC1)C1CCC1. The molecule has 1 N–H and O–H groups in total. The van der Waals surface area contributed by atoms with E-state index in [1.807, 2.05) is 12.1 Å². The number of carbonyl (C=O) groups is 1. The van der Waals surface area contributed by atoms with Crippen molar-refractivity contribution in [2.45, 2.75) is 44.6 Å². The molecule has 9 heteroatoms. The Bertz CT molecular complexity index is 822. The predicted octanol–water partition coefficient (Wildman–Crippen LogP) is 1.90. The monoisotopic (exact) mass is 464 g/mol. The number of nitrogens with zero attached hydrogens (tertiary/aromatic N) is 3. The molecule has 2 heterocycles. The first-order valence-corrected chi connectivity index (χ1v) is 13.3. The van der Waals surface area contributed by atoms with E-state index in [1.54, 1.807) is 22.8 Å². The second kappa shape index (κ2) is 13.0. The first-order valence-electron chi connectivity index (χ1n) is 11.7. The molecule has 1 amide bonds. The Labute approximate surface area is 192 Å². The lowest BCUT2D eigenvalue weighted by Gasteiger charge is -2.37. The maximum Gasteiger partial charge on any atom is 0.243 e. The van der Waals surface area contributed by atoms with Gasteiger partial charge in [-0.05, 0) is 56.4 Å². The molecule has 0 unspecified atom stereocenters. The van der Waals surface area contributed by atoms with Crippen molar-refractivity contribution in [3.63, 3.8) is 0 Å². The number of hydrogen-bond donors (Lipinski definition) is 1. The molecule has 1 aromatic heterocycles. The van der Waals surface area contributed by atoms with E-state index in [9.17, 15) is 13.2 Å². The van der Waals surface area contributed by atoms with E-state index in [0.717, 1.165) is 64.1 Å². The van der Waals surface area contributed by atoms with Gasteiger partial charge in [0.1, 0.15) is 0 Å². The van der Waals surface area contributed by atoms with Crippen LogP contribution in [0.25, 0.3) is 6.08 Å². The van der Waals surface area contributed by atoms with Crippen LogP contribution in [0.15, 0.2) is 30.6 Å². The maximum absolute atomic E-state index is 13.0. The highest BCUT2D eigenvalue weighted by molar-refractivity contribution is 7.89. The minimum absolute atomic E-state index is 0.141. The van der Waals surface area contributed by atoms with E-state index in [0.29, 0.717) is 25.9 Å². The average molecular weight is 465 g/mol. The summed E-state index contributed by atoms with van der Waals surface area (Å²) in [5, 5.41) is 2.81. The molecule has 1 aliphatic heterocycles. The highest BCUT2D eigenvalue weighted by Gasteiger charge is 2.33. The number of aromatic nitrogens is 1. The van der Waals surface area contributed by atoms with Crippen molar-refractivity contribution in [1.29, 1.82) is 0 Å². The summed E-state index contributed by atoms with van der Waals surface area (Å²) in [4.78, 5) is 18.3. The van der Waals surface area contributed by atoms with E-state index < -0.39 is 10.0 Å². The van der Waals surface area contributed by atoms with Crippen LogP contribution in [0.3, 0.4) is 0 Å². The first kappa shape index (κ1) is 24.8. The van der Waals surface area contributed by atoms with Crippen molar-refractivity contribution < 1.29 is 17.9 Å². The van der Waals surface area contributed by atoms with Crippen molar-refractivity contribution in [3.8, 4) is 0 Å². The molecular weight excluding hydrogens is 428 g/mol. The van der Waals surface area contributed by atoms with E-state index in [2.05, 4.69) is 15.2 Å². The number of nitrogens with one attached hydrogen (secondary N) is 1. The van der Waals surface area contributed by atoms with E-state index in [-0.39, 0.29) is 17.7 Å². The lowest BCUT2D eigenvalue weighted by molar-refractivity contribution is -0.116. The van der Waals surface area contributed by atoms with Gasteiger partial charge in [-0.15, -0.1) is 0 Å². The molecule has 32 heavy (non-hydrogen) atoms. The Morgan fingerprint density at radius 3 is 2.75 bits per heavy atom. The van der Waals surface area contributed by atoms with Gasteiger partial charge >= 0.3 is 0 Å². The van der Waals surface area contributed by atoms with E-state index in [1.165, 1.54) is 6.08 Å². The van der Waals surface area contributed by atoms with Crippen LogP contribution in [0.2, 0.25) is 0 Å². The van der Waals surface area contributed by atoms with Crippen LogP contribution < -0.4 is 5.32 Å². The van der Waals surface area contributed by atoms with Gasteiger partial charge in [-0.3, -0.25) is 14.7 Å². The van der Waals surface area contributed by atoms with Crippen LogP contribution in [0.4, 0.5) is 0 Å². The maximum atomic E-state index is 13.0. The number of morpholine rings is 1. The summed E-state index contributed by atoms with van der Waals surface area (Å²) in [6, 6.07) is 3.85. The summed E-state index contributed by atoms with van der Waals surface area (Å²) in [5.41, 5.74) is 0.860. The number of pyridine rings is 1. The minimum atomic E-state index is -3.28. The molecule has 1 aliphatic carbocycles. The Kier molecular flexibility index (Phi) is 10.1. The minimum Gasteiger partial charge on any atom is -0.379 e. The molecule has 1 saturated heterocycles. The van der Waals surface area contributed by atoms with Gasteiger partial charge in [-0.1, -0.05) is 12.5 Å². The summed E-state index contributed by atoms with van der Waals surface area (Å²) in [7, 11) is -3.28. The fourth-order valence-electron chi connectivity index (χ4n) is 3.94. The molecule has 3 rings (SSSR count). The van der Waals surface area contributed by atoms with Crippen molar-refractivity contribution in [2.24, 2.45) is 0 Å². The number of carbonyl (C=O) groups excluding carboxylic acids is 1. The summed E-state index contributed by atoms with van der Waals surface area (Å²) in [5.74, 6) is -0.0430. The van der Waals surface area contributed by atoms with Crippen LogP contribution in [-0.4, -0.2) is 86.2 Å². The molecule has 1 saturated carbocycles. The largest absolute Gasteiger partial charge is 0.379 e. The normalized spacial score (nSPS) is 18.2. The number of ether oxygens (including phenoxy) is 1. The molecule has 2 fully saturated rings. The third-order valence-corrected chi connectivity index (χ3v) is 8.04. The van der Waals surface area contributed by atoms with Gasteiger partial charge in [0.15, 0.2) is 0 Å². The number of unbranched alkanes of at least 4 members (excludes halogenated alkanes) is 1. The Morgan fingerprint density at radius 1 is 1.25 bits per heavy atom. The molecule has 8 nitrogen and oxygen atoms in total. The smallest absolute Gasteiger partial charge is 0.243 e. The van der Waals surface area contributed by atoms with Gasteiger partial charge < -0.3 is 10.1 Å². The van der Waals surface area contributed by atoms with Gasteiger partial charge in [0.05, 0.1) is 19.0 Å². The number of amides is 1. The van der Waals surface area contributed by atoms with Crippen molar-refractivity contribution in [1.82, 2.24) is 19.5 Å². The molecule has 0 aromatic carbocycles. The van der Waals surface area contributed by atoms with Gasteiger partial charge in [-0.2, -0.15) is 4.31 Å². The fourth-order valence-corrected chi connectivity index (χ4v) is 5.82. The zero-order chi connectivity index (χ0) is 22.7.